The van der Waals surface area contributed by atoms with Gasteiger partial charge in [-0.2, -0.15) is 0 Å². The van der Waals surface area contributed by atoms with Crippen LogP contribution in [-0.4, -0.2) is 12.2 Å². The summed E-state index contributed by atoms with van der Waals surface area (Å²) >= 11 is 0. The first-order valence-corrected chi connectivity index (χ1v) is 8.30. The lowest BCUT2D eigenvalue weighted by molar-refractivity contribution is -0.00158. The Hall–Kier alpha value is -1.86. The van der Waals surface area contributed by atoms with Gasteiger partial charge in [-0.1, -0.05) is 72.8 Å². The quantitative estimate of drug-likeness (QED) is 0.683. The molecule has 2 atom stereocenters. The van der Waals surface area contributed by atoms with Gasteiger partial charge in [0.25, 0.3) is 0 Å². The molecule has 114 valence electrons. The first-order valence-electron chi connectivity index (χ1n) is 8.30. The Morgan fingerprint density at radius 1 is 0.773 bits per heavy atom. The Labute approximate surface area is 133 Å². The molecular weight excluding hydrogens is 268 g/mol. The molecule has 0 spiro atoms. The Balaban J connectivity index is 1.45. The molecule has 3 rings (SSSR count). The molecule has 1 aliphatic rings. The predicted octanol–water partition coefficient (Wildman–Crippen LogP) is 4.97. The van der Waals surface area contributed by atoms with E-state index in [9.17, 15) is 0 Å². The molecule has 0 unspecified atom stereocenters. The van der Waals surface area contributed by atoms with Crippen molar-refractivity contribution in [2.45, 2.75) is 44.3 Å². The molecule has 0 saturated carbocycles. The van der Waals surface area contributed by atoms with Gasteiger partial charge in [-0.05, 0) is 43.2 Å². The maximum atomic E-state index is 6.24. The Bertz CT molecular complexity index is 573. The van der Waals surface area contributed by atoms with Crippen LogP contribution in [0, 0.1) is 0 Å². The molecule has 2 aromatic carbocycles. The van der Waals surface area contributed by atoms with Crippen molar-refractivity contribution in [3.05, 3.63) is 83.9 Å². The Morgan fingerprint density at radius 3 is 2.00 bits per heavy atom. The number of ether oxygens (including phenoxy) is 1. The van der Waals surface area contributed by atoms with E-state index in [1.54, 1.807) is 0 Å². The molecule has 0 radical (unpaired) electrons. The summed E-state index contributed by atoms with van der Waals surface area (Å²) in [6.07, 6.45) is 10.6. The molecule has 1 aliphatic heterocycles. The topological polar surface area (TPSA) is 9.23 Å². The van der Waals surface area contributed by atoms with Crippen LogP contribution in [0.1, 0.15) is 30.4 Å². The van der Waals surface area contributed by atoms with Gasteiger partial charge in [0.2, 0.25) is 0 Å². The first kappa shape index (κ1) is 15.1. The minimum absolute atomic E-state index is 0.273. The lowest BCUT2D eigenvalue weighted by Crippen LogP contribution is -2.25. The second kappa shape index (κ2) is 7.95. The lowest BCUT2D eigenvalue weighted by atomic mass is 10.0. The Morgan fingerprint density at radius 2 is 1.36 bits per heavy atom. The van der Waals surface area contributed by atoms with Crippen LogP contribution in [0.5, 0.6) is 0 Å². The minimum atomic E-state index is 0.273. The second-order valence-corrected chi connectivity index (χ2v) is 6.01. The highest BCUT2D eigenvalue weighted by Gasteiger charge is 2.17. The molecule has 1 heteroatoms. The van der Waals surface area contributed by atoms with E-state index in [-0.39, 0.29) is 6.10 Å². The maximum Gasteiger partial charge on any atom is 0.0762 e. The summed E-state index contributed by atoms with van der Waals surface area (Å²) in [5, 5.41) is 0. The normalized spacial score (nSPS) is 20.9. The van der Waals surface area contributed by atoms with Crippen molar-refractivity contribution in [2.75, 3.05) is 0 Å². The summed E-state index contributed by atoms with van der Waals surface area (Å²) in [7, 11) is 0. The van der Waals surface area contributed by atoms with Crippen LogP contribution in [0.4, 0.5) is 0 Å². The lowest BCUT2D eigenvalue weighted by Gasteiger charge is -2.26. The number of aryl methyl sites for hydroxylation is 2. The van der Waals surface area contributed by atoms with Gasteiger partial charge >= 0.3 is 0 Å². The average Bonchev–Trinajstić information content (AvgIpc) is 2.60. The molecular formula is C21H24O. The number of benzene rings is 2. The van der Waals surface area contributed by atoms with Gasteiger partial charge in [-0.3, -0.25) is 0 Å². The van der Waals surface area contributed by atoms with Crippen LogP contribution in [0.3, 0.4) is 0 Å². The number of rotatable bonds is 6. The monoisotopic (exact) mass is 292 g/mol. The third-order valence-corrected chi connectivity index (χ3v) is 4.28. The largest absolute Gasteiger partial charge is 0.371 e. The maximum absolute atomic E-state index is 6.24. The van der Waals surface area contributed by atoms with E-state index >= 15 is 0 Å². The highest BCUT2D eigenvalue weighted by atomic mass is 16.5. The fraction of sp³-hybridized carbons (Fsp3) is 0.333. The predicted molar refractivity (Wildman–Crippen MR) is 91.9 cm³/mol. The summed E-state index contributed by atoms with van der Waals surface area (Å²) in [6, 6.07) is 21.4. The molecule has 0 fully saturated rings. The first-order chi connectivity index (χ1) is 10.9. The van der Waals surface area contributed by atoms with Crippen molar-refractivity contribution >= 4 is 0 Å². The molecule has 2 aromatic rings. The number of hydrogen-bond donors (Lipinski definition) is 0. The van der Waals surface area contributed by atoms with Gasteiger partial charge in [-0.25, -0.2) is 0 Å². The fourth-order valence-electron chi connectivity index (χ4n) is 3.01. The molecule has 0 amide bonds. The van der Waals surface area contributed by atoms with E-state index in [4.69, 9.17) is 4.74 Å². The van der Waals surface area contributed by atoms with Gasteiger partial charge in [-0.15, -0.1) is 0 Å². The van der Waals surface area contributed by atoms with Crippen LogP contribution in [-0.2, 0) is 17.6 Å². The summed E-state index contributed by atoms with van der Waals surface area (Å²) in [6.45, 7) is 0. The zero-order chi connectivity index (χ0) is 15.0. The minimum Gasteiger partial charge on any atom is -0.371 e. The van der Waals surface area contributed by atoms with Gasteiger partial charge < -0.3 is 4.74 Å². The van der Waals surface area contributed by atoms with Crippen molar-refractivity contribution in [1.29, 1.82) is 0 Å². The molecule has 0 bridgehead atoms. The van der Waals surface area contributed by atoms with Crippen LogP contribution in [0.25, 0.3) is 0 Å². The molecule has 1 heterocycles. The van der Waals surface area contributed by atoms with E-state index in [1.165, 1.54) is 11.1 Å². The molecule has 0 saturated heterocycles. The fourth-order valence-corrected chi connectivity index (χ4v) is 3.01. The molecule has 1 nitrogen and oxygen atoms in total. The van der Waals surface area contributed by atoms with Crippen molar-refractivity contribution in [1.82, 2.24) is 0 Å². The zero-order valence-corrected chi connectivity index (χ0v) is 13.0. The van der Waals surface area contributed by atoms with Crippen molar-refractivity contribution in [3.63, 3.8) is 0 Å². The van der Waals surface area contributed by atoms with E-state index in [0.29, 0.717) is 6.10 Å². The van der Waals surface area contributed by atoms with E-state index in [2.05, 4.69) is 72.8 Å². The third kappa shape index (κ3) is 4.57. The van der Waals surface area contributed by atoms with E-state index in [0.717, 1.165) is 32.1 Å². The molecule has 0 aliphatic carbocycles. The SMILES string of the molecule is C1=C[C@H](CCc2ccccc2)O[C@H](CCc2ccccc2)C1. The van der Waals surface area contributed by atoms with Gasteiger partial charge in [0.1, 0.15) is 0 Å². The van der Waals surface area contributed by atoms with E-state index < -0.39 is 0 Å². The van der Waals surface area contributed by atoms with Crippen LogP contribution in [0.2, 0.25) is 0 Å². The van der Waals surface area contributed by atoms with Crippen LogP contribution < -0.4 is 0 Å². The van der Waals surface area contributed by atoms with Crippen LogP contribution >= 0.6 is 0 Å². The van der Waals surface area contributed by atoms with Gasteiger partial charge in [0.15, 0.2) is 0 Å². The zero-order valence-electron chi connectivity index (χ0n) is 13.0. The third-order valence-electron chi connectivity index (χ3n) is 4.28. The molecule has 22 heavy (non-hydrogen) atoms. The highest BCUT2D eigenvalue weighted by molar-refractivity contribution is 5.16. The van der Waals surface area contributed by atoms with Crippen molar-refractivity contribution in [2.24, 2.45) is 0 Å². The standard InChI is InChI=1S/C21H24O/c1-3-8-18(9-4-1)14-16-20-12-7-13-21(22-20)17-15-19-10-5-2-6-11-19/h1-12,20-21H,13-17H2/t20-,21+/m1/s1. The highest BCUT2D eigenvalue weighted by Crippen LogP contribution is 2.20. The van der Waals surface area contributed by atoms with Crippen molar-refractivity contribution in [3.8, 4) is 0 Å². The van der Waals surface area contributed by atoms with E-state index in [1.807, 2.05) is 0 Å². The Kier molecular flexibility index (Phi) is 5.44. The van der Waals surface area contributed by atoms with Gasteiger partial charge in [0, 0.05) is 0 Å². The smallest absolute Gasteiger partial charge is 0.0762 e. The summed E-state index contributed by atoms with van der Waals surface area (Å²) < 4.78 is 6.24. The summed E-state index contributed by atoms with van der Waals surface area (Å²) in [5.41, 5.74) is 2.80. The summed E-state index contributed by atoms with van der Waals surface area (Å²) in [5.74, 6) is 0. The second-order valence-electron chi connectivity index (χ2n) is 6.01. The molecule has 0 N–H and O–H groups in total. The summed E-state index contributed by atoms with van der Waals surface area (Å²) in [4.78, 5) is 0. The average molecular weight is 292 g/mol. The number of hydrogen-bond acceptors (Lipinski definition) is 1. The van der Waals surface area contributed by atoms with Crippen molar-refractivity contribution < 1.29 is 4.74 Å². The van der Waals surface area contributed by atoms with Crippen LogP contribution in [0.15, 0.2) is 72.8 Å². The molecule has 0 aromatic heterocycles. The van der Waals surface area contributed by atoms with Gasteiger partial charge in [0.05, 0.1) is 12.2 Å².